The fourth-order valence-corrected chi connectivity index (χ4v) is 3.43. The summed E-state index contributed by atoms with van der Waals surface area (Å²) in [6, 6.07) is 5.45. The summed E-state index contributed by atoms with van der Waals surface area (Å²) in [6.07, 6.45) is 4.40. The van der Waals surface area contributed by atoms with E-state index in [0.717, 1.165) is 50.1 Å². The Morgan fingerprint density at radius 2 is 1.81 bits per heavy atom. The second-order valence-electron chi connectivity index (χ2n) is 6.25. The van der Waals surface area contributed by atoms with Crippen LogP contribution in [0.2, 0.25) is 0 Å². The first-order valence-corrected chi connectivity index (χ1v) is 9.68. The van der Waals surface area contributed by atoms with E-state index >= 15 is 0 Å². The zero-order chi connectivity index (χ0) is 19.1. The lowest BCUT2D eigenvalue weighted by atomic mass is 10.2. The van der Waals surface area contributed by atoms with Gasteiger partial charge in [-0.2, -0.15) is 0 Å². The second-order valence-corrected chi connectivity index (χ2v) is 7.31. The molecule has 1 aliphatic rings. The fourth-order valence-electron chi connectivity index (χ4n) is 2.76. The number of nitrogens with one attached hydrogen (secondary N) is 1. The van der Waals surface area contributed by atoms with Gasteiger partial charge in [-0.15, -0.1) is 10.2 Å². The highest BCUT2D eigenvalue weighted by molar-refractivity contribution is 7.13. The van der Waals surface area contributed by atoms with Crippen molar-refractivity contribution in [2.45, 2.75) is 32.3 Å². The molecular weight excluding hydrogens is 371 g/mol. The highest BCUT2D eigenvalue weighted by Crippen LogP contribution is 2.15. The zero-order valence-corrected chi connectivity index (χ0v) is 15.6. The van der Waals surface area contributed by atoms with E-state index in [1.54, 1.807) is 0 Å². The normalized spacial score (nSPS) is 14.6. The van der Waals surface area contributed by atoms with Gasteiger partial charge in [0.1, 0.15) is 24.0 Å². The van der Waals surface area contributed by atoms with Crippen molar-refractivity contribution in [3.63, 3.8) is 0 Å². The number of benzene rings is 1. The molecule has 3 rings (SSSR count). The van der Waals surface area contributed by atoms with E-state index in [4.69, 9.17) is 4.74 Å². The van der Waals surface area contributed by atoms with Crippen LogP contribution in [0.15, 0.2) is 24.3 Å². The molecule has 0 unspecified atom stereocenters. The van der Waals surface area contributed by atoms with Crippen molar-refractivity contribution < 1.29 is 18.7 Å². The number of ether oxygens (including phenoxy) is 1. The first kappa shape index (κ1) is 19.4. The SMILES string of the molecule is O=C(Nc1ccc(F)cc1)c1nnc(COCC(=O)N2CCCCCC2)s1. The molecule has 1 aliphatic heterocycles. The second kappa shape index (κ2) is 9.52. The van der Waals surface area contributed by atoms with Crippen LogP contribution in [0.5, 0.6) is 0 Å². The molecule has 1 aromatic heterocycles. The fraction of sp³-hybridized carbons (Fsp3) is 0.444. The molecule has 0 spiro atoms. The Kier molecular flexibility index (Phi) is 6.83. The van der Waals surface area contributed by atoms with Crippen molar-refractivity contribution in [1.82, 2.24) is 15.1 Å². The minimum Gasteiger partial charge on any atom is -0.364 e. The summed E-state index contributed by atoms with van der Waals surface area (Å²) >= 11 is 1.10. The molecule has 1 aromatic carbocycles. The number of hydrogen-bond donors (Lipinski definition) is 1. The molecule has 7 nitrogen and oxygen atoms in total. The summed E-state index contributed by atoms with van der Waals surface area (Å²) in [5.74, 6) is -0.820. The van der Waals surface area contributed by atoms with Crippen molar-refractivity contribution in [3.05, 3.63) is 40.1 Å². The molecule has 144 valence electrons. The lowest BCUT2D eigenvalue weighted by Crippen LogP contribution is -2.34. The van der Waals surface area contributed by atoms with Crippen molar-refractivity contribution in [2.24, 2.45) is 0 Å². The first-order valence-electron chi connectivity index (χ1n) is 8.86. The van der Waals surface area contributed by atoms with Gasteiger partial charge in [-0.1, -0.05) is 24.2 Å². The van der Waals surface area contributed by atoms with Gasteiger partial charge in [0.25, 0.3) is 5.91 Å². The number of anilines is 1. The number of hydrogen-bond acceptors (Lipinski definition) is 6. The number of rotatable bonds is 6. The summed E-state index contributed by atoms with van der Waals surface area (Å²) in [5.41, 5.74) is 0.470. The molecule has 9 heteroatoms. The molecular formula is C18H21FN4O3S. The smallest absolute Gasteiger partial charge is 0.286 e. The number of amides is 2. The highest BCUT2D eigenvalue weighted by Gasteiger charge is 2.17. The van der Waals surface area contributed by atoms with Gasteiger partial charge in [0, 0.05) is 18.8 Å². The van der Waals surface area contributed by atoms with E-state index in [0.29, 0.717) is 10.7 Å². The average molecular weight is 392 g/mol. The molecule has 27 heavy (non-hydrogen) atoms. The van der Waals surface area contributed by atoms with Crippen LogP contribution in [0.3, 0.4) is 0 Å². The molecule has 1 fully saturated rings. The summed E-state index contributed by atoms with van der Waals surface area (Å²) in [4.78, 5) is 26.1. The predicted molar refractivity (Wildman–Crippen MR) is 99.0 cm³/mol. The zero-order valence-electron chi connectivity index (χ0n) is 14.8. The molecule has 0 atom stereocenters. The molecule has 0 radical (unpaired) electrons. The van der Waals surface area contributed by atoms with Crippen molar-refractivity contribution >= 4 is 28.8 Å². The molecule has 0 bridgehead atoms. The topological polar surface area (TPSA) is 84.4 Å². The minimum absolute atomic E-state index is 0.00328. The van der Waals surface area contributed by atoms with E-state index in [9.17, 15) is 14.0 Å². The van der Waals surface area contributed by atoms with Gasteiger partial charge >= 0.3 is 0 Å². The number of likely N-dealkylation sites (tertiary alicyclic amines) is 1. The van der Waals surface area contributed by atoms with Gasteiger partial charge in [-0.25, -0.2) is 4.39 Å². The standard InChI is InChI=1S/C18H21FN4O3S/c19-13-5-7-14(8-6-13)20-17(25)18-22-21-15(27-18)11-26-12-16(24)23-9-3-1-2-4-10-23/h5-8H,1-4,9-12H2,(H,20,25). The van der Waals surface area contributed by atoms with Gasteiger partial charge in [0.2, 0.25) is 10.9 Å². The Morgan fingerprint density at radius 1 is 1.11 bits per heavy atom. The van der Waals surface area contributed by atoms with E-state index in [1.807, 2.05) is 4.90 Å². The van der Waals surface area contributed by atoms with Gasteiger partial charge in [-0.05, 0) is 37.1 Å². The van der Waals surface area contributed by atoms with E-state index in [-0.39, 0.29) is 29.9 Å². The van der Waals surface area contributed by atoms with Gasteiger partial charge in [0.05, 0.1) is 0 Å². The molecule has 2 heterocycles. The van der Waals surface area contributed by atoms with Crippen LogP contribution in [0.4, 0.5) is 10.1 Å². The van der Waals surface area contributed by atoms with Crippen LogP contribution < -0.4 is 5.32 Å². The van der Waals surface area contributed by atoms with E-state index in [1.165, 1.54) is 24.3 Å². The number of nitrogens with zero attached hydrogens (tertiary/aromatic N) is 3. The minimum atomic E-state index is -0.425. The maximum absolute atomic E-state index is 12.9. The van der Waals surface area contributed by atoms with Gasteiger partial charge < -0.3 is 15.0 Å². The van der Waals surface area contributed by atoms with E-state index < -0.39 is 5.91 Å². The van der Waals surface area contributed by atoms with Crippen molar-refractivity contribution in [3.8, 4) is 0 Å². The Morgan fingerprint density at radius 3 is 2.52 bits per heavy atom. The number of carbonyl (C=O) groups excluding carboxylic acids is 2. The summed E-state index contributed by atoms with van der Waals surface area (Å²) in [5, 5.41) is 11.1. The number of carbonyl (C=O) groups is 2. The maximum Gasteiger partial charge on any atom is 0.286 e. The third kappa shape index (κ3) is 5.80. The monoisotopic (exact) mass is 392 g/mol. The van der Waals surface area contributed by atoms with Crippen LogP contribution in [0.1, 0.15) is 40.5 Å². The molecule has 2 aromatic rings. The van der Waals surface area contributed by atoms with E-state index in [2.05, 4.69) is 15.5 Å². The van der Waals surface area contributed by atoms with Gasteiger partial charge in [0.15, 0.2) is 0 Å². The maximum atomic E-state index is 12.9. The third-order valence-electron chi connectivity index (χ3n) is 4.17. The van der Waals surface area contributed by atoms with Crippen molar-refractivity contribution in [1.29, 1.82) is 0 Å². The Balaban J connectivity index is 1.45. The summed E-state index contributed by atoms with van der Waals surface area (Å²) < 4.78 is 18.3. The summed E-state index contributed by atoms with van der Waals surface area (Å²) in [6.45, 7) is 1.70. The van der Waals surface area contributed by atoms with Crippen LogP contribution in [-0.4, -0.2) is 46.6 Å². The highest BCUT2D eigenvalue weighted by atomic mass is 32.1. The lowest BCUT2D eigenvalue weighted by Gasteiger charge is -2.19. The summed E-state index contributed by atoms with van der Waals surface area (Å²) in [7, 11) is 0. The first-order chi connectivity index (χ1) is 13.1. The average Bonchev–Trinajstić information content (AvgIpc) is 2.97. The Labute approximate surface area is 160 Å². The van der Waals surface area contributed by atoms with Crippen LogP contribution in [0, 0.1) is 5.82 Å². The van der Waals surface area contributed by atoms with Crippen LogP contribution in [0.25, 0.3) is 0 Å². The number of aromatic nitrogens is 2. The predicted octanol–water partition coefficient (Wildman–Crippen LogP) is 2.85. The molecule has 0 saturated carbocycles. The molecule has 2 amide bonds. The van der Waals surface area contributed by atoms with Crippen LogP contribution in [-0.2, 0) is 16.1 Å². The molecule has 0 aliphatic carbocycles. The lowest BCUT2D eigenvalue weighted by molar-refractivity contribution is -0.136. The molecule has 1 saturated heterocycles. The third-order valence-corrected chi connectivity index (χ3v) is 5.07. The molecule has 1 N–H and O–H groups in total. The Bertz CT molecular complexity index is 773. The van der Waals surface area contributed by atoms with Crippen molar-refractivity contribution in [2.75, 3.05) is 25.0 Å². The van der Waals surface area contributed by atoms with Gasteiger partial charge in [-0.3, -0.25) is 9.59 Å². The Hall–Kier alpha value is -2.39. The van der Waals surface area contributed by atoms with Crippen LogP contribution >= 0.6 is 11.3 Å². The largest absolute Gasteiger partial charge is 0.364 e. The number of halogens is 1. The quantitative estimate of drug-likeness (QED) is 0.817.